The molecule has 27 heavy (non-hydrogen) atoms. The number of primary amides is 1. The Hall–Kier alpha value is -1.87. The van der Waals surface area contributed by atoms with Gasteiger partial charge in [-0.1, -0.05) is 24.6 Å². The van der Waals surface area contributed by atoms with E-state index in [9.17, 15) is 9.59 Å². The number of anilines is 1. The van der Waals surface area contributed by atoms with E-state index < -0.39 is 5.91 Å². The first-order valence-corrected chi connectivity index (χ1v) is 11.2. The third-order valence-corrected chi connectivity index (χ3v) is 7.28. The van der Waals surface area contributed by atoms with E-state index in [2.05, 4.69) is 20.5 Å². The Morgan fingerprint density at radius 2 is 2.00 bits per heavy atom. The van der Waals surface area contributed by atoms with E-state index in [1.807, 2.05) is 0 Å². The Morgan fingerprint density at radius 3 is 2.78 bits per heavy atom. The summed E-state index contributed by atoms with van der Waals surface area (Å²) in [4.78, 5) is 30.0. The van der Waals surface area contributed by atoms with Gasteiger partial charge in [0, 0.05) is 10.8 Å². The maximum atomic E-state index is 12.4. The highest BCUT2D eigenvalue weighted by Crippen LogP contribution is 2.38. The predicted octanol–water partition coefficient (Wildman–Crippen LogP) is 3.23. The van der Waals surface area contributed by atoms with Gasteiger partial charge in [-0.15, -0.1) is 16.4 Å². The highest BCUT2D eigenvalue weighted by atomic mass is 32.2. The number of rotatable bonds is 6. The summed E-state index contributed by atoms with van der Waals surface area (Å²) >= 11 is 2.78. The number of H-pyrrole nitrogens is 1. The second-order valence-electron chi connectivity index (χ2n) is 7.10. The smallest absolute Gasteiger partial charge is 0.251 e. The van der Waals surface area contributed by atoms with Crippen LogP contribution in [0.1, 0.15) is 71.1 Å². The van der Waals surface area contributed by atoms with Crippen LogP contribution >= 0.6 is 23.1 Å². The van der Waals surface area contributed by atoms with Gasteiger partial charge < -0.3 is 11.1 Å². The van der Waals surface area contributed by atoms with E-state index in [0.29, 0.717) is 21.6 Å². The minimum atomic E-state index is -0.465. The zero-order chi connectivity index (χ0) is 18.8. The van der Waals surface area contributed by atoms with Crippen LogP contribution < -0.4 is 11.1 Å². The fourth-order valence-electron chi connectivity index (χ4n) is 3.91. The Kier molecular flexibility index (Phi) is 5.49. The van der Waals surface area contributed by atoms with Gasteiger partial charge in [-0.25, -0.2) is 4.98 Å². The zero-order valence-corrected chi connectivity index (χ0v) is 16.7. The van der Waals surface area contributed by atoms with Gasteiger partial charge in [-0.05, 0) is 44.1 Å². The number of nitrogens with two attached hydrogens (primary N) is 1. The van der Waals surface area contributed by atoms with Crippen LogP contribution in [0.15, 0.2) is 5.16 Å². The predicted molar refractivity (Wildman–Crippen MR) is 106 cm³/mol. The molecule has 2 amide bonds. The van der Waals surface area contributed by atoms with E-state index >= 15 is 0 Å². The molecule has 0 spiro atoms. The van der Waals surface area contributed by atoms with Gasteiger partial charge in [-0.2, -0.15) is 0 Å². The summed E-state index contributed by atoms with van der Waals surface area (Å²) in [5.41, 5.74) is 7.09. The lowest BCUT2D eigenvalue weighted by Crippen LogP contribution is -2.19. The molecule has 2 aromatic rings. The molecule has 0 bridgehead atoms. The molecule has 9 heteroatoms. The number of carbonyl (C=O) groups is 2. The van der Waals surface area contributed by atoms with Gasteiger partial charge in [0.05, 0.1) is 11.3 Å². The van der Waals surface area contributed by atoms with Crippen molar-refractivity contribution < 1.29 is 9.59 Å². The van der Waals surface area contributed by atoms with Gasteiger partial charge in [0.1, 0.15) is 10.8 Å². The molecule has 0 atom stereocenters. The van der Waals surface area contributed by atoms with Crippen molar-refractivity contribution in [1.29, 1.82) is 0 Å². The molecule has 4 N–H and O–H groups in total. The molecule has 2 aromatic heterocycles. The fourth-order valence-corrected chi connectivity index (χ4v) is 5.83. The topological polar surface area (TPSA) is 114 Å². The first-order valence-electron chi connectivity index (χ1n) is 9.41. The van der Waals surface area contributed by atoms with E-state index in [0.717, 1.165) is 49.9 Å². The summed E-state index contributed by atoms with van der Waals surface area (Å²) in [5.74, 6) is 0.956. The number of aryl methyl sites for hydroxylation is 1. The number of fused-ring (bicyclic) bond motifs is 1. The van der Waals surface area contributed by atoms with Gasteiger partial charge in [-0.3, -0.25) is 14.7 Å². The largest absolute Gasteiger partial charge is 0.365 e. The minimum Gasteiger partial charge on any atom is -0.365 e. The average Bonchev–Trinajstić information content (AvgIpc) is 3.38. The van der Waals surface area contributed by atoms with E-state index in [1.54, 1.807) is 0 Å². The summed E-state index contributed by atoms with van der Waals surface area (Å²) in [6, 6.07) is 0. The maximum absolute atomic E-state index is 12.4. The molecule has 0 radical (unpaired) electrons. The van der Waals surface area contributed by atoms with Crippen molar-refractivity contribution in [1.82, 2.24) is 15.2 Å². The van der Waals surface area contributed by atoms with Gasteiger partial charge >= 0.3 is 0 Å². The summed E-state index contributed by atoms with van der Waals surface area (Å²) in [5, 5.41) is 11.3. The molecule has 144 valence electrons. The Morgan fingerprint density at radius 1 is 1.22 bits per heavy atom. The number of thioether (sulfide) groups is 1. The maximum Gasteiger partial charge on any atom is 0.251 e. The minimum absolute atomic E-state index is 0.173. The summed E-state index contributed by atoms with van der Waals surface area (Å²) < 4.78 is 0. The molecule has 0 unspecified atom stereocenters. The van der Waals surface area contributed by atoms with Gasteiger partial charge in [0.25, 0.3) is 5.91 Å². The zero-order valence-electron chi connectivity index (χ0n) is 15.0. The van der Waals surface area contributed by atoms with Crippen molar-refractivity contribution in [2.75, 3.05) is 11.1 Å². The number of nitrogens with one attached hydrogen (secondary N) is 2. The molecular weight excluding hydrogens is 382 g/mol. The highest BCUT2D eigenvalue weighted by Gasteiger charge is 2.25. The van der Waals surface area contributed by atoms with Crippen LogP contribution in [0.25, 0.3) is 0 Å². The molecule has 0 aromatic carbocycles. The molecule has 1 saturated carbocycles. The lowest BCUT2D eigenvalue weighted by molar-refractivity contribution is -0.113. The summed E-state index contributed by atoms with van der Waals surface area (Å²) in [7, 11) is 0. The fraction of sp³-hybridized carbons (Fsp3) is 0.556. The van der Waals surface area contributed by atoms with Crippen LogP contribution in [0.4, 0.5) is 5.00 Å². The monoisotopic (exact) mass is 405 g/mol. The van der Waals surface area contributed by atoms with E-state index in [1.165, 1.54) is 40.8 Å². The molecular formula is C18H23N5O2S2. The molecule has 2 aliphatic rings. The molecule has 1 fully saturated rings. The number of aromatic nitrogens is 3. The first-order chi connectivity index (χ1) is 13.1. The van der Waals surface area contributed by atoms with Crippen molar-refractivity contribution in [3.8, 4) is 0 Å². The quantitative estimate of drug-likeness (QED) is 0.639. The van der Waals surface area contributed by atoms with E-state index in [-0.39, 0.29) is 11.7 Å². The van der Waals surface area contributed by atoms with Crippen molar-refractivity contribution >= 4 is 39.9 Å². The number of carbonyl (C=O) groups excluding carboxylic acids is 2. The van der Waals surface area contributed by atoms with Crippen LogP contribution in [-0.4, -0.2) is 32.7 Å². The molecule has 2 aliphatic carbocycles. The number of nitrogens with zero attached hydrogens (tertiary/aromatic N) is 2. The van der Waals surface area contributed by atoms with Crippen molar-refractivity contribution in [3.63, 3.8) is 0 Å². The highest BCUT2D eigenvalue weighted by molar-refractivity contribution is 7.99. The molecule has 4 rings (SSSR count). The normalized spacial score (nSPS) is 17.0. The van der Waals surface area contributed by atoms with E-state index in [4.69, 9.17) is 5.73 Å². The molecule has 7 nitrogen and oxygen atoms in total. The SMILES string of the molecule is NC(=O)c1c(NC(=O)CSc2n[nH]c(C3CCCC3)n2)sc2c1CCCC2. The summed E-state index contributed by atoms with van der Waals surface area (Å²) in [6.45, 7) is 0. The lowest BCUT2D eigenvalue weighted by atomic mass is 9.95. The van der Waals surface area contributed by atoms with Crippen molar-refractivity contribution in [2.45, 2.75) is 62.4 Å². The lowest BCUT2D eigenvalue weighted by Gasteiger charge is -2.11. The van der Waals surface area contributed by atoms with Crippen molar-refractivity contribution in [2.24, 2.45) is 5.73 Å². The first kappa shape index (κ1) is 18.5. The van der Waals surface area contributed by atoms with Gasteiger partial charge in [0.2, 0.25) is 11.1 Å². The van der Waals surface area contributed by atoms with Gasteiger partial charge in [0.15, 0.2) is 0 Å². The van der Waals surface area contributed by atoms with Crippen LogP contribution in [-0.2, 0) is 17.6 Å². The number of thiophene rings is 1. The van der Waals surface area contributed by atoms with Crippen LogP contribution in [0.5, 0.6) is 0 Å². The number of aromatic amines is 1. The van der Waals surface area contributed by atoms with Crippen LogP contribution in [0.3, 0.4) is 0 Å². The third-order valence-electron chi connectivity index (χ3n) is 5.23. The number of hydrogen-bond acceptors (Lipinski definition) is 6. The van der Waals surface area contributed by atoms with Crippen LogP contribution in [0, 0.1) is 0 Å². The Labute approximate surface area is 165 Å². The standard InChI is InChI=1S/C18H23N5O2S2/c19-15(25)14-11-7-3-4-8-12(11)27-17(14)20-13(24)9-26-18-21-16(22-23-18)10-5-1-2-6-10/h10H,1-9H2,(H2,19,25)(H,20,24)(H,21,22,23). The van der Waals surface area contributed by atoms with Crippen LogP contribution in [0.2, 0.25) is 0 Å². The third kappa shape index (κ3) is 4.03. The average molecular weight is 406 g/mol. The molecule has 2 heterocycles. The Bertz CT molecular complexity index is 854. The Balaban J connectivity index is 1.38. The number of amides is 2. The molecule has 0 aliphatic heterocycles. The second kappa shape index (κ2) is 8.02. The summed E-state index contributed by atoms with van der Waals surface area (Å²) in [6.07, 6.45) is 8.76. The van der Waals surface area contributed by atoms with Crippen molar-refractivity contribution in [3.05, 3.63) is 21.8 Å². The number of hydrogen-bond donors (Lipinski definition) is 3. The molecule has 0 saturated heterocycles. The second-order valence-corrected chi connectivity index (χ2v) is 9.15.